The third kappa shape index (κ3) is 3.53. The first-order valence-electron chi connectivity index (χ1n) is 6.63. The van der Waals surface area contributed by atoms with Crippen LogP contribution in [0.1, 0.15) is 37.8 Å². The molecule has 0 unspecified atom stereocenters. The van der Waals surface area contributed by atoms with Crippen molar-refractivity contribution in [1.82, 2.24) is 4.98 Å². The number of hydrogen-bond donors (Lipinski definition) is 1. The number of aromatic nitrogens is 1. The van der Waals surface area contributed by atoms with Gasteiger partial charge in [0, 0.05) is 6.42 Å². The molecule has 1 amide bonds. The third-order valence-electron chi connectivity index (χ3n) is 3.02. The van der Waals surface area contributed by atoms with E-state index in [2.05, 4.69) is 50.1 Å². The van der Waals surface area contributed by atoms with E-state index in [1.165, 1.54) is 5.56 Å². The molecular weight excluding hydrogens is 256 g/mol. The SMILES string of the molecule is Cc1cc(C)c2nc(NC(=O)CCC(C)C)sc2c1. The van der Waals surface area contributed by atoms with Gasteiger partial charge in [0.2, 0.25) is 5.91 Å². The highest BCUT2D eigenvalue weighted by atomic mass is 32.1. The largest absolute Gasteiger partial charge is 0.302 e. The fraction of sp³-hybridized carbons (Fsp3) is 0.467. The van der Waals surface area contributed by atoms with Crippen LogP contribution in [0.4, 0.5) is 5.13 Å². The third-order valence-corrected chi connectivity index (χ3v) is 3.94. The molecule has 0 aliphatic rings. The van der Waals surface area contributed by atoms with Gasteiger partial charge in [-0.2, -0.15) is 0 Å². The molecule has 3 nitrogen and oxygen atoms in total. The lowest BCUT2D eigenvalue weighted by Gasteiger charge is -2.03. The summed E-state index contributed by atoms with van der Waals surface area (Å²) in [5, 5.41) is 3.61. The monoisotopic (exact) mass is 276 g/mol. The van der Waals surface area contributed by atoms with Gasteiger partial charge in [0.05, 0.1) is 10.2 Å². The molecule has 19 heavy (non-hydrogen) atoms. The lowest BCUT2D eigenvalue weighted by Crippen LogP contribution is -2.11. The molecule has 0 fully saturated rings. The Morgan fingerprint density at radius 1 is 1.37 bits per heavy atom. The van der Waals surface area contributed by atoms with Crippen molar-refractivity contribution in [1.29, 1.82) is 0 Å². The van der Waals surface area contributed by atoms with E-state index in [1.54, 1.807) is 11.3 Å². The quantitative estimate of drug-likeness (QED) is 0.905. The molecule has 0 radical (unpaired) electrons. The number of anilines is 1. The van der Waals surface area contributed by atoms with E-state index >= 15 is 0 Å². The molecule has 0 atom stereocenters. The second-order valence-electron chi connectivity index (χ2n) is 5.43. The number of nitrogens with one attached hydrogen (secondary N) is 1. The zero-order valence-electron chi connectivity index (χ0n) is 11.9. The standard InChI is InChI=1S/C15H20N2OS/c1-9(2)5-6-13(18)16-15-17-14-11(4)7-10(3)8-12(14)19-15/h7-9H,5-6H2,1-4H3,(H,16,17,18). The summed E-state index contributed by atoms with van der Waals surface area (Å²) in [6, 6.07) is 4.23. The Labute approximate surface area is 118 Å². The van der Waals surface area contributed by atoms with Crippen LogP contribution in [0.15, 0.2) is 12.1 Å². The predicted molar refractivity (Wildman–Crippen MR) is 81.8 cm³/mol. The zero-order valence-corrected chi connectivity index (χ0v) is 12.7. The Bertz CT molecular complexity index is 601. The molecule has 2 rings (SSSR count). The molecule has 1 aromatic carbocycles. The Balaban J connectivity index is 2.13. The highest BCUT2D eigenvalue weighted by Gasteiger charge is 2.10. The van der Waals surface area contributed by atoms with Gasteiger partial charge in [-0.15, -0.1) is 0 Å². The molecule has 2 aromatic rings. The first-order valence-corrected chi connectivity index (χ1v) is 7.45. The number of hydrogen-bond acceptors (Lipinski definition) is 3. The predicted octanol–water partition coefficient (Wildman–Crippen LogP) is 4.29. The molecule has 0 aliphatic heterocycles. The van der Waals surface area contributed by atoms with E-state index in [0.29, 0.717) is 17.5 Å². The first-order chi connectivity index (χ1) is 8.95. The highest BCUT2D eigenvalue weighted by molar-refractivity contribution is 7.22. The minimum atomic E-state index is 0.0575. The normalized spacial score (nSPS) is 11.2. The van der Waals surface area contributed by atoms with E-state index in [-0.39, 0.29) is 5.91 Å². The molecular formula is C15H20N2OS. The Morgan fingerprint density at radius 2 is 2.11 bits per heavy atom. The van der Waals surface area contributed by atoms with Crippen LogP contribution in [0.5, 0.6) is 0 Å². The van der Waals surface area contributed by atoms with Crippen LogP contribution in [0.25, 0.3) is 10.2 Å². The summed E-state index contributed by atoms with van der Waals surface area (Å²) in [4.78, 5) is 16.3. The summed E-state index contributed by atoms with van der Waals surface area (Å²) in [5.41, 5.74) is 3.38. The lowest BCUT2D eigenvalue weighted by atomic mass is 10.1. The summed E-state index contributed by atoms with van der Waals surface area (Å²) in [6.45, 7) is 8.38. The molecule has 4 heteroatoms. The lowest BCUT2D eigenvalue weighted by molar-refractivity contribution is -0.116. The molecule has 102 valence electrons. The Hall–Kier alpha value is -1.42. The second kappa shape index (κ2) is 5.70. The molecule has 0 bridgehead atoms. The fourth-order valence-corrected chi connectivity index (χ4v) is 3.08. The maximum atomic E-state index is 11.8. The number of nitrogens with zero attached hydrogens (tertiary/aromatic N) is 1. The van der Waals surface area contributed by atoms with Gasteiger partial charge in [-0.3, -0.25) is 4.79 Å². The molecule has 1 heterocycles. The van der Waals surface area contributed by atoms with Crippen molar-refractivity contribution >= 4 is 32.6 Å². The van der Waals surface area contributed by atoms with Crippen molar-refractivity contribution < 1.29 is 4.79 Å². The molecule has 1 N–H and O–H groups in total. The van der Waals surface area contributed by atoms with Crippen LogP contribution in [0, 0.1) is 19.8 Å². The van der Waals surface area contributed by atoms with Crippen LogP contribution in [-0.2, 0) is 4.79 Å². The van der Waals surface area contributed by atoms with Gasteiger partial charge in [-0.05, 0) is 43.4 Å². The van der Waals surface area contributed by atoms with Crippen molar-refractivity contribution in [2.45, 2.75) is 40.5 Å². The molecule has 0 saturated carbocycles. The Morgan fingerprint density at radius 3 is 2.79 bits per heavy atom. The smallest absolute Gasteiger partial charge is 0.226 e. The maximum Gasteiger partial charge on any atom is 0.226 e. The average Bonchev–Trinajstić information content (AvgIpc) is 2.69. The molecule has 0 aliphatic carbocycles. The van der Waals surface area contributed by atoms with Crippen LogP contribution in [0.2, 0.25) is 0 Å². The topological polar surface area (TPSA) is 42.0 Å². The second-order valence-corrected chi connectivity index (χ2v) is 6.46. The van der Waals surface area contributed by atoms with Gasteiger partial charge in [-0.25, -0.2) is 4.98 Å². The minimum Gasteiger partial charge on any atom is -0.302 e. The Kier molecular flexibility index (Phi) is 4.20. The van der Waals surface area contributed by atoms with Crippen molar-refractivity contribution in [3.05, 3.63) is 23.3 Å². The minimum absolute atomic E-state index is 0.0575. The summed E-state index contributed by atoms with van der Waals surface area (Å²) in [5.74, 6) is 0.605. The van der Waals surface area contributed by atoms with Crippen LogP contribution >= 0.6 is 11.3 Å². The van der Waals surface area contributed by atoms with Crippen molar-refractivity contribution in [3.63, 3.8) is 0 Å². The van der Waals surface area contributed by atoms with Gasteiger partial charge in [0.15, 0.2) is 5.13 Å². The van der Waals surface area contributed by atoms with Crippen LogP contribution in [0.3, 0.4) is 0 Å². The zero-order chi connectivity index (χ0) is 14.0. The summed E-state index contributed by atoms with van der Waals surface area (Å²) < 4.78 is 1.14. The fourth-order valence-electron chi connectivity index (χ4n) is 2.03. The van der Waals surface area contributed by atoms with Crippen LogP contribution in [-0.4, -0.2) is 10.9 Å². The van der Waals surface area contributed by atoms with Gasteiger partial charge in [0.25, 0.3) is 0 Å². The number of aryl methyl sites for hydroxylation is 2. The van der Waals surface area contributed by atoms with Gasteiger partial charge < -0.3 is 5.32 Å². The number of benzene rings is 1. The van der Waals surface area contributed by atoms with Gasteiger partial charge in [-0.1, -0.05) is 31.3 Å². The van der Waals surface area contributed by atoms with Crippen LogP contribution < -0.4 is 5.32 Å². The van der Waals surface area contributed by atoms with Crippen molar-refractivity contribution in [2.75, 3.05) is 5.32 Å². The van der Waals surface area contributed by atoms with Gasteiger partial charge in [0.1, 0.15) is 0 Å². The van der Waals surface area contributed by atoms with Crippen molar-refractivity contribution in [2.24, 2.45) is 5.92 Å². The number of thiazole rings is 1. The highest BCUT2D eigenvalue weighted by Crippen LogP contribution is 2.29. The average molecular weight is 276 g/mol. The first kappa shape index (κ1) is 14.0. The summed E-state index contributed by atoms with van der Waals surface area (Å²) in [6.07, 6.45) is 1.47. The number of carbonyl (C=O) groups excluding carboxylic acids is 1. The van der Waals surface area contributed by atoms with E-state index in [4.69, 9.17) is 0 Å². The van der Waals surface area contributed by atoms with Crippen molar-refractivity contribution in [3.8, 4) is 0 Å². The summed E-state index contributed by atoms with van der Waals surface area (Å²) in [7, 11) is 0. The number of amides is 1. The molecule has 0 saturated heterocycles. The summed E-state index contributed by atoms with van der Waals surface area (Å²) >= 11 is 1.55. The van der Waals surface area contributed by atoms with E-state index in [0.717, 1.165) is 22.2 Å². The van der Waals surface area contributed by atoms with E-state index in [1.807, 2.05) is 0 Å². The number of rotatable bonds is 4. The maximum absolute atomic E-state index is 11.8. The molecule has 0 spiro atoms. The van der Waals surface area contributed by atoms with E-state index in [9.17, 15) is 4.79 Å². The van der Waals surface area contributed by atoms with Gasteiger partial charge >= 0.3 is 0 Å². The van der Waals surface area contributed by atoms with E-state index < -0.39 is 0 Å². The number of carbonyl (C=O) groups is 1. The number of fused-ring (bicyclic) bond motifs is 1. The molecule has 1 aromatic heterocycles.